The maximum Gasteiger partial charge on any atom is 0.344 e. The van der Waals surface area contributed by atoms with E-state index in [0.717, 1.165) is 11.1 Å². The van der Waals surface area contributed by atoms with Gasteiger partial charge in [-0.2, -0.15) is 0 Å². The molecule has 3 rings (SSSR count). The number of ether oxygens (including phenoxy) is 1. The van der Waals surface area contributed by atoms with Gasteiger partial charge >= 0.3 is 5.97 Å². The van der Waals surface area contributed by atoms with Crippen LogP contribution < -0.4 is 10.2 Å². The predicted molar refractivity (Wildman–Crippen MR) is 87.4 cm³/mol. The Balaban J connectivity index is 2.31. The summed E-state index contributed by atoms with van der Waals surface area (Å²) in [6.07, 6.45) is 0.232. The van der Waals surface area contributed by atoms with Crippen LogP contribution in [0.15, 0.2) is 44.2 Å². The van der Waals surface area contributed by atoms with Crippen molar-refractivity contribution in [3.05, 3.63) is 51.9 Å². The Hall–Kier alpha value is -3.02. The summed E-state index contributed by atoms with van der Waals surface area (Å²) in [5, 5.41) is 9.40. The average Bonchev–Trinajstić information content (AvgIpc) is 3.06. The first-order chi connectivity index (χ1) is 11.4. The van der Waals surface area contributed by atoms with Crippen molar-refractivity contribution in [3.63, 3.8) is 0 Å². The number of hydrogen-bond donors (Lipinski definition) is 1. The second-order valence-corrected chi connectivity index (χ2v) is 5.60. The number of rotatable bonds is 4. The maximum atomic E-state index is 12.8. The van der Waals surface area contributed by atoms with Crippen LogP contribution in [-0.4, -0.2) is 17.2 Å². The number of carbonyl (C=O) groups is 1. The molecular formula is C18H16O6. The van der Waals surface area contributed by atoms with E-state index < -0.39 is 17.5 Å². The number of aliphatic carboxylic acids is 1. The van der Waals surface area contributed by atoms with E-state index in [4.69, 9.17) is 18.7 Å². The third-order valence-electron chi connectivity index (χ3n) is 3.85. The molecule has 2 heterocycles. The monoisotopic (exact) mass is 328 g/mol. The summed E-state index contributed by atoms with van der Waals surface area (Å²) in [5.41, 5.74) is 1.87. The molecule has 0 saturated carbocycles. The van der Waals surface area contributed by atoms with Gasteiger partial charge in [-0.1, -0.05) is 0 Å². The molecule has 24 heavy (non-hydrogen) atoms. The van der Waals surface area contributed by atoms with E-state index in [1.807, 2.05) is 13.8 Å². The van der Waals surface area contributed by atoms with E-state index in [2.05, 4.69) is 0 Å². The zero-order valence-corrected chi connectivity index (χ0v) is 13.5. The van der Waals surface area contributed by atoms with Crippen molar-refractivity contribution in [2.75, 3.05) is 0 Å². The van der Waals surface area contributed by atoms with Gasteiger partial charge in [0, 0.05) is 0 Å². The zero-order chi connectivity index (χ0) is 17.4. The summed E-state index contributed by atoms with van der Waals surface area (Å²) < 4.78 is 16.5. The molecule has 1 atom stereocenters. The molecule has 6 heteroatoms. The Labute approximate surface area is 137 Å². The lowest BCUT2D eigenvalue weighted by molar-refractivity contribution is -0.144. The van der Waals surface area contributed by atoms with Gasteiger partial charge in [0.25, 0.3) is 0 Å². The molecule has 0 unspecified atom stereocenters. The van der Waals surface area contributed by atoms with Gasteiger partial charge in [-0.05, 0) is 56.2 Å². The molecule has 0 aliphatic heterocycles. The average molecular weight is 328 g/mol. The van der Waals surface area contributed by atoms with Crippen LogP contribution in [0.2, 0.25) is 0 Å². The topological polar surface area (TPSA) is 89.9 Å². The molecule has 0 radical (unpaired) electrons. The van der Waals surface area contributed by atoms with Gasteiger partial charge in [0.15, 0.2) is 11.9 Å². The molecule has 1 aromatic carbocycles. The fourth-order valence-electron chi connectivity index (χ4n) is 2.34. The van der Waals surface area contributed by atoms with E-state index in [1.54, 1.807) is 24.3 Å². The van der Waals surface area contributed by atoms with E-state index in [-0.39, 0.29) is 11.5 Å². The number of fused-ring (bicyclic) bond motifs is 1. The largest absolute Gasteiger partial charge is 0.479 e. The van der Waals surface area contributed by atoms with Crippen molar-refractivity contribution in [2.45, 2.75) is 26.9 Å². The van der Waals surface area contributed by atoms with Crippen molar-refractivity contribution in [1.29, 1.82) is 0 Å². The van der Waals surface area contributed by atoms with Gasteiger partial charge in [0.05, 0.1) is 11.6 Å². The molecule has 2 aromatic heterocycles. The van der Waals surface area contributed by atoms with Crippen molar-refractivity contribution < 1.29 is 23.5 Å². The summed E-state index contributed by atoms with van der Waals surface area (Å²) in [4.78, 5) is 23.9. The van der Waals surface area contributed by atoms with E-state index in [0.29, 0.717) is 16.7 Å². The second kappa shape index (κ2) is 5.88. The third-order valence-corrected chi connectivity index (χ3v) is 3.85. The normalized spacial score (nSPS) is 12.3. The minimum absolute atomic E-state index is 0.0776. The van der Waals surface area contributed by atoms with Gasteiger partial charge in [0.1, 0.15) is 5.58 Å². The molecule has 3 aromatic rings. The molecular weight excluding hydrogens is 312 g/mol. The highest BCUT2D eigenvalue weighted by molar-refractivity contribution is 5.83. The summed E-state index contributed by atoms with van der Waals surface area (Å²) in [6, 6.07) is 6.73. The standard InChI is InChI=1S/C18H16O6/c1-9-7-12-14(8-10(9)2)24-16(13-5-4-6-22-13)17(15(12)19)23-11(3)18(20)21/h4-8,11H,1-3H3,(H,20,21)/t11-/m0/s1. The van der Waals surface area contributed by atoms with Crippen LogP contribution in [0.25, 0.3) is 22.5 Å². The van der Waals surface area contributed by atoms with Crippen molar-refractivity contribution in [3.8, 4) is 17.3 Å². The van der Waals surface area contributed by atoms with Crippen molar-refractivity contribution >= 4 is 16.9 Å². The lowest BCUT2D eigenvalue weighted by Gasteiger charge is -2.13. The first kappa shape index (κ1) is 15.9. The quantitative estimate of drug-likeness (QED) is 0.788. The highest BCUT2D eigenvalue weighted by Crippen LogP contribution is 2.32. The molecule has 0 saturated heterocycles. The zero-order valence-electron chi connectivity index (χ0n) is 13.5. The Bertz CT molecular complexity index is 965. The van der Waals surface area contributed by atoms with Crippen LogP contribution in [0.1, 0.15) is 18.1 Å². The van der Waals surface area contributed by atoms with Crippen LogP contribution in [0.4, 0.5) is 0 Å². The van der Waals surface area contributed by atoms with E-state index >= 15 is 0 Å². The Morgan fingerprint density at radius 1 is 1.25 bits per heavy atom. The molecule has 0 aliphatic rings. The molecule has 6 nitrogen and oxygen atoms in total. The second-order valence-electron chi connectivity index (χ2n) is 5.60. The van der Waals surface area contributed by atoms with Gasteiger partial charge in [-0.15, -0.1) is 0 Å². The van der Waals surface area contributed by atoms with Crippen molar-refractivity contribution in [2.24, 2.45) is 0 Å². The molecule has 0 fully saturated rings. The lowest BCUT2D eigenvalue weighted by Crippen LogP contribution is -2.26. The Kier molecular flexibility index (Phi) is 3.89. The fraction of sp³-hybridized carbons (Fsp3) is 0.222. The van der Waals surface area contributed by atoms with Crippen LogP contribution >= 0.6 is 0 Å². The smallest absolute Gasteiger partial charge is 0.344 e. The summed E-state index contributed by atoms with van der Waals surface area (Å²) in [6.45, 7) is 5.14. The van der Waals surface area contributed by atoms with Gasteiger partial charge in [-0.25, -0.2) is 4.79 Å². The summed E-state index contributed by atoms with van der Waals surface area (Å²) >= 11 is 0. The van der Waals surface area contributed by atoms with Crippen molar-refractivity contribution in [1.82, 2.24) is 0 Å². The number of carboxylic acid groups (broad SMARTS) is 1. The first-order valence-corrected chi connectivity index (χ1v) is 7.40. The highest BCUT2D eigenvalue weighted by atomic mass is 16.5. The summed E-state index contributed by atoms with van der Waals surface area (Å²) in [7, 11) is 0. The molecule has 1 N–H and O–H groups in total. The number of furan rings is 1. The SMILES string of the molecule is Cc1cc2oc(-c3ccco3)c(O[C@@H](C)C(=O)O)c(=O)c2cc1C. The van der Waals surface area contributed by atoms with Gasteiger partial charge < -0.3 is 18.7 Å². The van der Waals surface area contributed by atoms with Gasteiger partial charge in [0.2, 0.25) is 16.9 Å². The minimum atomic E-state index is -1.20. The molecule has 0 bridgehead atoms. The molecule has 124 valence electrons. The first-order valence-electron chi connectivity index (χ1n) is 7.40. The Morgan fingerprint density at radius 2 is 1.96 bits per heavy atom. The number of carboxylic acids is 1. The number of benzene rings is 1. The third kappa shape index (κ3) is 2.67. The van der Waals surface area contributed by atoms with Gasteiger partial charge in [-0.3, -0.25) is 4.79 Å². The summed E-state index contributed by atoms with van der Waals surface area (Å²) in [5.74, 6) is -0.982. The van der Waals surface area contributed by atoms with E-state index in [1.165, 1.54) is 13.2 Å². The van der Waals surface area contributed by atoms with Crippen LogP contribution in [0.3, 0.4) is 0 Å². The highest BCUT2D eigenvalue weighted by Gasteiger charge is 2.24. The van der Waals surface area contributed by atoms with Crippen LogP contribution in [-0.2, 0) is 4.79 Å². The van der Waals surface area contributed by atoms with Crippen LogP contribution in [0, 0.1) is 13.8 Å². The molecule has 0 amide bonds. The predicted octanol–water partition coefficient (Wildman–Crippen LogP) is 3.52. The number of aryl methyl sites for hydroxylation is 2. The maximum absolute atomic E-state index is 12.8. The molecule has 0 spiro atoms. The number of hydrogen-bond acceptors (Lipinski definition) is 5. The van der Waals surface area contributed by atoms with E-state index in [9.17, 15) is 9.59 Å². The lowest BCUT2D eigenvalue weighted by atomic mass is 10.1. The fourth-order valence-corrected chi connectivity index (χ4v) is 2.34. The van der Waals surface area contributed by atoms with Crippen LogP contribution in [0.5, 0.6) is 5.75 Å². The molecule has 0 aliphatic carbocycles. The minimum Gasteiger partial charge on any atom is -0.479 e. The Morgan fingerprint density at radius 3 is 2.58 bits per heavy atom.